The molecule has 2 rings (SSSR count). The Morgan fingerprint density at radius 2 is 2.17 bits per heavy atom. The van der Waals surface area contributed by atoms with E-state index in [1.165, 1.54) is 0 Å². The lowest BCUT2D eigenvalue weighted by molar-refractivity contribution is 0.460. The SMILES string of the molecule is CNCc1cccc(Oc2ccc(Br)cc2Cl)n1. The Morgan fingerprint density at radius 3 is 2.89 bits per heavy atom. The smallest absolute Gasteiger partial charge is 0.219 e. The molecule has 0 saturated carbocycles. The number of nitrogens with one attached hydrogen (secondary N) is 1. The number of rotatable bonds is 4. The van der Waals surface area contributed by atoms with Crippen LogP contribution in [-0.2, 0) is 6.54 Å². The lowest BCUT2D eigenvalue weighted by Crippen LogP contribution is -2.06. The van der Waals surface area contributed by atoms with Gasteiger partial charge in [-0.05, 0) is 31.3 Å². The monoisotopic (exact) mass is 326 g/mol. The summed E-state index contributed by atoms with van der Waals surface area (Å²) in [4.78, 5) is 4.37. The van der Waals surface area contributed by atoms with Gasteiger partial charge >= 0.3 is 0 Å². The highest BCUT2D eigenvalue weighted by Gasteiger charge is 2.05. The molecule has 0 aliphatic rings. The van der Waals surface area contributed by atoms with Crippen LogP contribution in [-0.4, -0.2) is 12.0 Å². The van der Waals surface area contributed by atoms with Crippen molar-refractivity contribution >= 4 is 27.5 Å². The number of hydrogen-bond acceptors (Lipinski definition) is 3. The number of halogens is 2. The van der Waals surface area contributed by atoms with Crippen molar-refractivity contribution < 1.29 is 4.74 Å². The Balaban J connectivity index is 2.20. The second kappa shape index (κ2) is 6.18. The molecule has 0 spiro atoms. The normalized spacial score (nSPS) is 10.4. The largest absolute Gasteiger partial charge is 0.437 e. The van der Waals surface area contributed by atoms with E-state index < -0.39 is 0 Å². The molecule has 1 aromatic carbocycles. The van der Waals surface area contributed by atoms with E-state index in [4.69, 9.17) is 16.3 Å². The molecule has 5 heteroatoms. The fourth-order valence-corrected chi connectivity index (χ4v) is 2.18. The van der Waals surface area contributed by atoms with Gasteiger partial charge in [0.25, 0.3) is 0 Å². The molecule has 0 atom stereocenters. The van der Waals surface area contributed by atoms with Crippen LogP contribution >= 0.6 is 27.5 Å². The van der Waals surface area contributed by atoms with Gasteiger partial charge in [0, 0.05) is 17.1 Å². The summed E-state index contributed by atoms with van der Waals surface area (Å²) in [6, 6.07) is 11.1. The fraction of sp³-hybridized carbons (Fsp3) is 0.154. The molecule has 2 aromatic rings. The average molecular weight is 328 g/mol. The quantitative estimate of drug-likeness (QED) is 0.921. The number of pyridine rings is 1. The predicted octanol–water partition coefficient (Wildman–Crippen LogP) is 4.01. The Bertz CT molecular complexity index is 548. The van der Waals surface area contributed by atoms with Crippen LogP contribution in [0.4, 0.5) is 0 Å². The van der Waals surface area contributed by atoms with Crippen molar-refractivity contribution in [2.75, 3.05) is 7.05 Å². The molecule has 0 aliphatic carbocycles. The first-order chi connectivity index (χ1) is 8.69. The zero-order valence-electron chi connectivity index (χ0n) is 9.78. The minimum atomic E-state index is 0.534. The number of ether oxygens (including phenoxy) is 1. The van der Waals surface area contributed by atoms with Crippen LogP contribution in [0.1, 0.15) is 5.69 Å². The summed E-state index contributed by atoms with van der Waals surface area (Å²) >= 11 is 9.44. The number of nitrogens with zero attached hydrogens (tertiary/aromatic N) is 1. The number of benzene rings is 1. The topological polar surface area (TPSA) is 34.1 Å². The number of aromatic nitrogens is 1. The first kappa shape index (κ1) is 13.3. The van der Waals surface area contributed by atoms with Crippen molar-refractivity contribution in [3.63, 3.8) is 0 Å². The molecule has 1 aromatic heterocycles. The molecule has 0 bridgehead atoms. The first-order valence-corrected chi connectivity index (χ1v) is 6.59. The van der Waals surface area contributed by atoms with Crippen LogP contribution in [0.25, 0.3) is 0 Å². The van der Waals surface area contributed by atoms with Crippen LogP contribution < -0.4 is 10.1 Å². The average Bonchev–Trinajstić information content (AvgIpc) is 2.34. The van der Waals surface area contributed by atoms with E-state index in [2.05, 4.69) is 26.2 Å². The molecule has 0 saturated heterocycles. The Morgan fingerprint density at radius 1 is 1.33 bits per heavy atom. The highest BCUT2D eigenvalue weighted by Crippen LogP contribution is 2.30. The van der Waals surface area contributed by atoms with Crippen molar-refractivity contribution in [3.8, 4) is 11.6 Å². The molecule has 18 heavy (non-hydrogen) atoms. The van der Waals surface area contributed by atoms with Gasteiger partial charge in [-0.3, -0.25) is 0 Å². The van der Waals surface area contributed by atoms with E-state index in [0.29, 0.717) is 23.2 Å². The van der Waals surface area contributed by atoms with Crippen molar-refractivity contribution in [2.24, 2.45) is 0 Å². The molecule has 0 aliphatic heterocycles. The van der Waals surface area contributed by atoms with Crippen molar-refractivity contribution in [1.82, 2.24) is 10.3 Å². The van der Waals surface area contributed by atoms with Gasteiger partial charge in [-0.1, -0.05) is 33.6 Å². The van der Waals surface area contributed by atoms with E-state index in [-0.39, 0.29) is 0 Å². The second-order valence-corrected chi connectivity index (χ2v) is 5.00. The third-order valence-corrected chi connectivity index (χ3v) is 3.04. The summed E-state index contributed by atoms with van der Waals surface area (Å²) in [5.41, 5.74) is 0.920. The van der Waals surface area contributed by atoms with Gasteiger partial charge < -0.3 is 10.1 Å². The van der Waals surface area contributed by atoms with Crippen LogP contribution in [0.2, 0.25) is 5.02 Å². The van der Waals surface area contributed by atoms with Crippen molar-refractivity contribution in [1.29, 1.82) is 0 Å². The zero-order valence-corrected chi connectivity index (χ0v) is 12.1. The third kappa shape index (κ3) is 3.45. The molecule has 1 heterocycles. The minimum Gasteiger partial charge on any atom is -0.437 e. The van der Waals surface area contributed by atoms with Gasteiger partial charge in [0.05, 0.1) is 10.7 Å². The molecular formula is C13H12BrClN2O. The van der Waals surface area contributed by atoms with Crippen molar-refractivity contribution in [3.05, 3.63) is 51.6 Å². The van der Waals surface area contributed by atoms with Crippen molar-refractivity contribution in [2.45, 2.75) is 6.54 Å². The minimum absolute atomic E-state index is 0.534. The summed E-state index contributed by atoms with van der Waals surface area (Å²) < 4.78 is 6.57. The molecule has 94 valence electrons. The van der Waals surface area contributed by atoms with E-state index in [0.717, 1.165) is 10.2 Å². The van der Waals surface area contributed by atoms with Gasteiger partial charge in [-0.25, -0.2) is 4.98 Å². The summed E-state index contributed by atoms with van der Waals surface area (Å²) in [5.74, 6) is 1.13. The summed E-state index contributed by atoms with van der Waals surface area (Å²) in [5, 5.41) is 3.59. The Kier molecular flexibility index (Phi) is 4.58. The van der Waals surface area contributed by atoms with Gasteiger partial charge in [0.2, 0.25) is 5.88 Å². The number of hydrogen-bond donors (Lipinski definition) is 1. The van der Waals surface area contributed by atoms with Gasteiger partial charge in [0.1, 0.15) is 5.75 Å². The van der Waals surface area contributed by atoms with Gasteiger partial charge in [-0.15, -0.1) is 0 Å². The fourth-order valence-electron chi connectivity index (χ4n) is 1.46. The summed E-state index contributed by atoms with van der Waals surface area (Å²) in [6.07, 6.45) is 0. The first-order valence-electron chi connectivity index (χ1n) is 5.42. The summed E-state index contributed by atoms with van der Waals surface area (Å²) in [6.45, 7) is 0.700. The van der Waals surface area contributed by atoms with E-state index >= 15 is 0 Å². The lowest BCUT2D eigenvalue weighted by atomic mass is 10.3. The maximum absolute atomic E-state index is 6.09. The molecule has 0 unspecified atom stereocenters. The Labute approximate surface area is 119 Å². The van der Waals surface area contributed by atoms with Crippen LogP contribution in [0.5, 0.6) is 11.6 Å². The van der Waals surface area contributed by atoms with E-state index in [1.54, 1.807) is 18.2 Å². The standard InChI is InChI=1S/C13H12BrClN2O/c1-16-8-10-3-2-4-13(17-10)18-12-6-5-9(14)7-11(12)15/h2-7,16H,8H2,1H3. The van der Waals surface area contributed by atoms with Gasteiger partial charge in [-0.2, -0.15) is 0 Å². The highest BCUT2D eigenvalue weighted by molar-refractivity contribution is 9.10. The van der Waals surface area contributed by atoms with Crippen LogP contribution in [0, 0.1) is 0 Å². The molecule has 1 N–H and O–H groups in total. The van der Waals surface area contributed by atoms with E-state index in [1.807, 2.05) is 25.2 Å². The van der Waals surface area contributed by atoms with Gasteiger partial charge in [0.15, 0.2) is 0 Å². The third-order valence-electron chi connectivity index (χ3n) is 2.25. The summed E-state index contributed by atoms with van der Waals surface area (Å²) in [7, 11) is 1.88. The van der Waals surface area contributed by atoms with Crippen LogP contribution in [0.3, 0.4) is 0 Å². The predicted molar refractivity (Wildman–Crippen MR) is 76.2 cm³/mol. The highest BCUT2D eigenvalue weighted by atomic mass is 79.9. The lowest BCUT2D eigenvalue weighted by Gasteiger charge is -2.08. The maximum atomic E-state index is 6.09. The van der Waals surface area contributed by atoms with Crippen LogP contribution in [0.15, 0.2) is 40.9 Å². The molecular weight excluding hydrogens is 316 g/mol. The molecule has 0 amide bonds. The second-order valence-electron chi connectivity index (χ2n) is 3.67. The Hall–Kier alpha value is -1.10. The van der Waals surface area contributed by atoms with E-state index in [9.17, 15) is 0 Å². The zero-order chi connectivity index (χ0) is 13.0. The molecule has 0 radical (unpaired) electrons. The molecule has 3 nitrogen and oxygen atoms in total. The maximum Gasteiger partial charge on any atom is 0.219 e. The molecule has 0 fully saturated rings.